The molecule has 0 saturated carbocycles. The molecule has 0 saturated heterocycles. The highest BCUT2D eigenvalue weighted by Gasteiger charge is 2.37. The quantitative estimate of drug-likeness (QED) is 0.339. The third kappa shape index (κ3) is 6.64. The molecule has 0 spiro atoms. The number of hydrogen-bond acceptors (Lipinski definition) is 6. The molecule has 2 rings (SSSR count). The van der Waals surface area contributed by atoms with Crippen molar-refractivity contribution >= 4 is 14.5 Å². The first-order valence-electron chi connectivity index (χ1n) is 9.75. The van der Waals surface area contributed by atoms with Gasteiger partial charge in [-0.15, -0.1) is 0 Å². The van der Waals surface area contributed by atoms with Crippen LogP contribution in [0, 0.1) is 0 Å². The van der Waals surface area contributed by atoms with Gasteiger partial charge in [0.05, 0.1) is 17.9 Å². The second-order valence-corrected chi connectivity index (χ2v) is 14.3. The minimum absolute atomic E-state index is 0.122. The van der Waals surface area contributed by atoms with E-state index in [0.717, 1.165) is 5.69 Å². The molecule has 158 valence electrons. The van der Waals surface area contributed by atoms with Crippen LogP contribution in [0.15, 0.2) is 36.5 Å². The fourth-order valence-electron chi connectivity index (χ4n) is 2.18. The minimum Gasteiger partial charge on any atom is -0.428 e. The molecule has 0 bridgehead atoms. The van der Waals surface area contributed by atoms with Crippen molar-refractivity contribution < 1.29 is 18.7 Å². The van der Waals surface area contributed by atoms with Crippen molar-refractivity contribution in [3.05, 3.63) is 42.2 Å². The summed E-state index contributed by atoms with van der Waals surface area (Å²) in [6.07, 6.45) is 0.930. The number of rotatable bonds is 5. The number of ether oxygens (including phenoxy) is 2. The van der Waals surface area contributed by atoms with Crippen molar-refractivity contribution in [2.45, 2.75) is 71.9 Å². The van der Waals surface area contributed by atoms with Gasteiger partial charge in [-0.05, 0) is 57.1 Å². The number of carbonyl (C=O) groups is 1. The summed E-state index contributed by atoms with van der Waals surface area (Å²) >= 11 is 0. The third-order valence-electron chi connectivity index (χ3n) is 4.81. The van der Waals surface area contributed by atoms with Crippen molar-refractivity contribution in [2.75, 3.05) is 0 Å². The summed E-state index contributed by atoms with van der Waals surface area (Å²) in [5.41, 5.74) is 0.767. The van der Waals surface area contributed by atoms with E-state index in [4.69, 9.17) is 13.9 Å². The molecule has 0 amide bonds. The van der Waals surface area contributed by atoms with Gasteiger partial charge in [-0.3, -0.25) is 0 Å². The molecule has 0 radical (unpaired) electrons. The number of carbonyl (C=O) groups excluding carboxylic acids is 1. The van der Waals surface area contributed by atoms with Gasteiger partial charge in [0.1, 0.15) is 11.4 Å². The summed E-state index contributed by atoms with van der Waals surface area (Å²) in [6, 6.07) is 8.98. The summed E-state index contributed by atoms with van der Waals surface area (Å²) < 4.78 is 16.9. The van der Waals surface area contributed by atoms with E-state index in [0.29, 0.717) is 23.7 Å². The van der Waals surface area contributed by atoms with Crippen LogP contribution in [0.2, 0.25) is 18.1 Å². The first kappa shape index (κ1) is 23.0. The standard InChI is InChI=1S/C22H32N2O4Si/c1-21(2,3)28-20(25)27-18-12-10-9-11-17(18)19-23-14-13-16(24-19)15-26-29(7,8)22(4,5)6/h9-14H,15H2,1-8H3. The van der Waals surface area contributed by atoms with Gasteiger partial charge in [0.15, 0.2) is 14.1 Å². The van der Waals surface area contributed by atoms with Gasteiger partial charge in [-0.1, -0.05) is 32.9 Å². The fourth-order valence-corrected chi connectivity index (χ4v) is 3.12. The lowest BCUT2D eigenvalue weighted by Gasteiger charge is -2.36. The summed E-state index contributed by atoms with van der Waals surface area (Å²) in [6.45, 7) is 16.8. The van der Waals surface area contributed by atoms with Gasteiger partial charge in [-0.25, -0.2) is 14.8 Å². The summed E-state index contributed by atoms with van der Waals surface area (Å²) in [5.74, 6) is 0.824. The van der Waals surface area contributed by atoms with E-state index in [9.17, 15) is 4.79 Å². The highest BCUT2D eigenvalue weighted by molar-refractivity contribution is 6.74. The van der Waals surface area contributed by atoms with E-state index in [1.165, 1.54) is 0 Å². The zero-order valence-electron chi connectivity index (χ0n) is 18.7. The minimum atomic E-state index is -1.89. The van der Waals surface area contributed by atoms with Gasteiger partial charge < -0.3 is 13.9 Å². The Morgan fingerprint density at radius 3 is 2.31 bits per heavy atom. The number of para-hydroxylation sites is 1. The Kier molecular flexibility index (Phi) is 6.85. The van der Waals surface area contributed by atoms with Crippen LogP contribution in [0.4, 0.5) is 4.79 Å². The predicted molar refractivity (Wildman–Crippen MR) is 116 cm³/mol. The van der Waals surface area contributed by atoms with E-state index in [1.54, 1.807) is 39.1 Å². The van der Waals surface area contributed by atoms with Crippen LogP contribution in [-0.2, 0) is 15.8 Å². The van der Waals surface area contributed by atoms with Gasteiger partial charge in [-0.2, -0.15) is 0 Å². The van der Waals surface area contributed by atoms with Gasteiger partial charge in [0, 0.05) is 6.20 Å². The first-order chi connectivity index (χ1) is 13.3. The number of hydrogen-bond donors (Lipinski definition) is 0. The molecule has 0 atom stereocenters. The average molecular weight is 417 g/mol. The molecule has 1 aromatic heterocycles. The zero-order valence-corrected chi connectivity index (χ0v) is 19.7. The van der Waals surface area contributed by atoms with Crippen LogP contribution in [-0.4, -0.2) is 30.0 Å². The maximum absolute atomic E-state index is 12.1. The molecule has 7 heteroatoms. The Morgan fingerprint density at radius 2 is 1.69 bits per heavy atom. The molecular weight excluding hydrogens is 384 g/mol. The molecule has 1 heterocycles. The number of benzene rings is 1. The van der Waals surface area contributed by atoms with Crippen LogP contribution >= 0.6 is 0 Å². The lowest BCUT2D eigenvalue weighted by Crippen LogP contribution is -2.40. The SMILES string of the molecule is CC(C)(C)OC(=O)Oc1ccccc1-c1nccc(CO[Si](C)(C)C(C)(C)C)n1. The van der Waals surface area contributed by atoms with Crippen LogP contribution in [0.1, 0.15) is 47.2 Å². The van der Waals surface area contributed by atoms with E-state index < -0.39 is 20.1 Å². The zero-order chi connectivity index (χ0) is 21.9. The van der Waals surface area contributed by atoms with E-state index in [1.807, 2.05) is 18.2 Å². The monoisotopic (exact) mass is 416 g/mol. The molecule has 29 heavy (non-hydrogen) atoms. The van der Waals surface area contributed by atoms with Crippen molar-refractivity contribution in [2.24, 2.45) is 0 Å². The Bertz CT molecular complexity index is 854. The van der Waals surface area contributed by atoms with E-state index >= 15 is 0 Å². The van der Waals surface area contributed by atoms with E-state index in [2.05, 4.69) is 43.8 Å². The maximum Gasteiger partial charge on any atom is 0.514 e. The van der Waals surface area contributed by atoms with Crippen molar-refractivity contribution in [3.63, 3.8) is 0 Å². The second kappa shape index (κ2) is 8.63. The average Bonchev–Trinajstić information content (AvgIpc) is 2.58. The topological polar surface area (TPSA) is 70.5 Å². The smallest absolute Gasteiger partial charge is 0.428 e. The highest BCUT2D eigenvalue weighted by atomic mass is 28.4. The van der Waals surface area contributed by atoms with Crippen LogP contribution in [0.25, 0.3) is 11.4 Å². The van der Waals surface area contributed by atoms with Crippen LogP contribution < -0.4 is 4.74 Å². The molecule has 0 aliphatic rings. The third-order valence-corrected chi connectivity index (χ3v) is 9.29. The van der Waals surface area contributed by atoms with Crippen molar-refractivity contribution in [1.82, 2.24) is 9.97 Å². The highest BCUT2D eigenvalue weighted by Crippen LogP contribution is 2.37. The largest absolute Gasteiger partial charge is 0.514 e. The Hall–Kier alpha value is -2.25. The van der Waals surface area contributed by atoms with Crippen LogP contribution in [0.3, 0.4) is 0 Å². The number of nitrogens with zero attached hydrogens (tertiary/aromatic N) is 2. The molecule has 0 unspecified atom stereocenters. The fraction of sp³-hybridized carbons (Fsp3) is 0.500. The molecule has 1 aromatic carbocycles. The van der Waals surface area contributed by atoms with E-state index in [-0.39, 0.29) is 5.04 Å². The second-order valence-electron chi connectivity index (χ2n) is 9.48. The Labute approximate surface area is 174 Å². The van der Waals surface area contributed by atoms with Crippen molar-refractivity contribution in [1.29, 1.82) is 0 Å². The molecule has 6 nitrogen and oxygen atoms in total. The molecule has 0 aliphatic carbocycles. The number of aromatic nitrogens is 2. The van der Waals surface area contributed by atoms with Crippen LogP contribution in [0.5, 0.6) is 5.75 Å². The lowest BCUT2D eigenvalue weighted by atomic mass is 10.2. The first-order valence-corrected chi connectivity index (χ1v) is 12.7. The maximum atomic E-state index is 12.1. The predicted octanol–water partition coefficient (Wildman–Crippen LogP) is 5.98. The lowest BCUT2D eigenvalue weighted by molar-refractivity contribution is 0.0207. The van der Waals surface area contributed by atoms with Gasteiger partial charge in [0.25, 0.3) is 0 Å². The Balaban J connectivity index is 2.22. The molecule has 2 aromatic rings. The molecule has 0 aliphatic heterocycles. The summed E-state index contributed by atoms with van der Waals surface area (Å²) in [5, 5.41) is 0.122. The molecular formula is C22H32N2O4Si. The van der Waals surface area contributed by atoms with Gasteiger partial charge in [0.2, 0.25) is 0 Å². The van der Waals surface area contributed by atoms with Crippen molar-refractivity contribution in [3.8, 4) is 17.1 Å². The Morgan fingerprint density at radius 1 is 1.03 bits per heavy atom. The summed E-state index contributed by atoms with van der Waals surface area (Å²) in [7, 11) is -1.89. The van der Waals surface area contributed by atoms with Gasteiger partial charge >= 0.3 is 6.16 Å². The molecule has 0 N–H and O–H groups in total. The summed E-state index contributed by atoms with van der Waals surface area (Å²) in [4.78, 5) is 21.1. The normalized spacial score (nSPS) is 12.6. The molecule has 0 fully saturated rings.